The average molecular weight is 287 g/mol. The Balaban J connectivity index is 1.69. The maximum atomic E-state index is 12.2. The molecule has 0 radical (unpaired) electrons. The zero-order valence-corrected chi connectivity index (χ0v) is 13.1. The van der Waals surface area contributed by atoms with E-state index in [1.54, 1.807) is 0 Å². The lowest BCUT2D eigenvalue weighted by molar-refractivity contribution is 0.311. The van der Waals surface area contributed by atoms with Gasteiger partial charge in [0.05, 0.1) is 11.0 Å². The minimum absolute atomic E-state index is 0.0468. The Bertz CT molecular complexity index is 352. The lowest BCUT2D eigenvalue weighted by atomic mass is 9.87. The summed E-state index contributed by atoms with van der Waals surface area (Å²) in [5.74, 6) is 1.19. The molecule has 0 heterocycles. The van der Waals surface area contributed by atoms with Gasteiger partial charge in [0.25, 0.3) is 0 Å². The third-order valence-electron chi connectivity index (χ3n) is 4.90. The van der Waals surface area contributed by atoms with Crippen LogP contribution in [0.5, 0.6) is 0 Å². The molecule has 0 unspecified atom stereocenters. The van der Waals surface area contributed by atoms with E-state index in [2.05, 4.69) is 12.2 Å². The molecule has 0 aliphatic heterocycles. The molecule has 0 spiro atoms. The highest BCUT2D eigenvalue weighted by Crippen LogP contribution is 2.25. The van der Waals surface area contributed by atoms with Crippen molar-refractivity contribution in [2.24, 2.45) is 5.92 Å². The minimum Gasteiger partial charge on any atom is -0.313 e. The minimum atomic E-state index is -2.86. The lowest BCUT2D eigenvalue weighted by Gasteiger charge is -2.27. The summed E-state index contributed by atoms with van der Waals surface area (Å²) < 4.78 is 24.5. The Morgan fingerprint density at radius 2 is 1.58 bits per heavy atom. The summed E-state index contributed by atoms with van der Waals surface area (Å²) in [6.45, 7) is 2.96. The van der Waals surface area contributed by atoms with Crippen LogP contribution in [0.4, 0.5) is 0 Å². The van der Waals surface area contributed by atoms with Crippen LogP contribution in [0.25, 0.3) is 0 Å². The second kappa shape index (κ2) is 7.07. The molecule has 0 aromatic rings. The summed E-state index contributed by atoms with van der Waals surface area (Å²) in [5.41, 5.74) is 0. The predicted octanol–water partition coefficient (Wildman–Crippen LogP) is 2.90. The van der Waals surface area contributed by atoms with E-state index in [-0.39, 0.29) is 5.25 Å². The van der Waals surface area contributed by atoms with Crippen molar-refractivity contribution in [3.63, 3.8) is 0 Å². The van der Waals surface area contributed by atoms with Crippen molar-refractivity contribution >= 4 is 9.84 Å². The van der Waals surface area contributed by atoms with Crippen LogP contribution in [-0.4, -0.2) is 32.0 Å². The highest BCUT2D eigenvalue weighted by atomic mass is 32.2. The molecule has 3 nitrogen and oxygen atoms in total. The number of rotatable bonds is 5. The van der Waals surface area contributed by atoms with Gasteiger partial charge >= 0.3 is 0 Å². The van der Waals surface area contributed by atoms with E-state index < -0.39 is 9.84 Å². The highest BCUT2D eigenvalue weighted by molar-refractivity contribution is 7.92. The van der Waals surface area contributed by atoms with Gasteiger partial charge in [0.2, 0.25) is 0 Å². The molecule has 2 aliphatic carbocycles. The fraction of sp³-hybridized carbons (Fsp3) is 1.00. The first kappa shape index (κ1) is 15.3. The number of nitrogens with one attached hydrogen (secondary N) is 1. The van der Waals surface area contributed by atoms with Crippen molar-refractivity contribution < 1.29 is 8.42 Å². The van der Waals surface area contributed by atoms with Crippen molar-refractivity contribution in [2.75, 3.05) is 12.3 Å². The molecule has 112 valence electrons. The standard InChI is InChI=1S/C15H29NO2S/c1-13-7-9-14(10-8-13)16-11-12-19(17,18)15-5-3-2-4-6-15/h13-16H,2-12H2,1H3. The van der Waals surface area contributed by atoms with Gasteiger partial charge in [-0.2, -0.15) is 0 Å². The van der Waals surface area contributed by atoms with Crippen LogP contribution in [0.15, 0.2) is 0 Å². The van der Waals surface area contributed by atoms with E-state index in [1.165, 1.54) is 32.1 Å². The van der Waals surface area contributed by atoms with Crippen molar-refractivity contribution in [1.82, 2.24) is 5.32 Å². The van der Waals surface area contributed by atoms with Crippen LogP contribution < -0.4 is 5.32 Å². The Labute approximate surface area is 118 Å². The lowest BCUT2D eigenvalue weighted by Crippen LogP contribution is -2.38. The summed E-state index contributed by atoms with van der Waals surface area (Å²) in [7, 11) is -2.86. The fourth-order valence-corrected chi connectivity index (χ4v) is 5.25. The largest absolute Gasteiger partial charge is 0.313 e. The van der Waals surface area contributed by atoms with Crippen molar-refractivity contribution in [3.8, 4) is 0 Å². The first-order chi connectivity index (χ1) is 9.08. The molecule has 19 heavy (non-hydrogen) atoms. The van der Waals surface area contributed by atoms with Gasteiger partial charge in [-0.25, -0.2) is 8.42 Å². The summed E-state index contributed by atoms with van der Waals surface area (Å²) in [6.07, 6.45) is 10.2. The van der Waals surface area contributed by atoms with E-state index >= 15 is 0 Å². The molecule has 0 atom stereocenters. The molecule has 1 N–H and O–H groups in total. The topological polar surface area (TPSA) is 46.2 Å². The third kappa shape index (κ3) is 4.75. The molecule has 0 bridgehead atoms. The summed E-state index contributed by atoms with van der Waals surface area (Å²) in [5, 5.41) is 3.41. The molecule has 4 heteroatoms. The number of hydrogen-bond acceptors (Lipinski definition) is 3. The first-order valence-electron chi connectivity index (χ1n) is 8.03. The van der Waals surface area contributed by atoms with Crippen LogP contribution in [0.2, 0.25) is 0 Å². The van der Waals surface area contributed by atoms with E-state index in [0.29, 0.717) is 18.3 Å². The number of sulfone groups is 1. The zero-order valence-electron chi connectivity index (χ0n) is 12.2. The third-order valence-corrected chi connectivity index (χ3v) is 7.16. The maximum absolute atomic E-state index is 12.2. The highest BCUT2D eigenvalue weighted by Gasteiger charge is 2.27. The zero-order chi connectivity index (χ0) is 13.7. The molecule has 0 aromatic heterocycles. The summed E-state index contributed by atoms with van der Waals surface area (Å²) in [6, 6.07) is 0.553. The molecule has 0 amide bonds. The normalized spacial score (nSPS) is 30.4. The summed E-state index contributed by atoms with van der Waals surface area (Å²) >= 11 is 0. The van der Waals surface area contributed by atoms with Crippen molar-refractivity contribution in [2.45, 2.75) is 76.0 Å². The van der Waals surface area contributed by atoms with E-state index in [0.717, 1.165) is 31.6 Å². The molecular formula is C15H29NO2S. The van der Waals surface area contributed by atoms with Crippen molar-refractivity contribution in [1.29, 1.82) is 0 Å². The van der Waals surface area contributed by atoms with Gasteiger partial charge in [0.1, 0.15) is 0 Å². The fourth-order valence-electron chi connectivity index (χ4n) is 3.46. The monoisotopic (exact) mass is 287 g/mol. The smallest absolute Gasteiger partial charge is 0.154 e. The Kier molecular flexibility index (Phi) is 5.70. The molecule has 0 aromatic carbocycles. The van der Waals surface area contributed by atoms with E-state index in [4.69, 9.17) is 0 Å². The van der Waals surface area contributed by atoms with Gasteiger partial charge < -0.3 is 5.32 Å². The van der Waals surface area contributed by atoms with Gasteiger partial charge in [0.15, 0.2) is 9.84 Å². The van der Waals surface area contributed by atoms with Crippen LogP contribution in [0.1, 0.15) is 64.7 Å². The van der Waals surface area contributed by atoms with Crippen LogP contribution in [0.3, 0.4) is 0 Å². The van der Waals surface area contributed by atoms with Gasteiger partial charge in [-0.05, 0) is 44.4 Å². The molecular weight excluding hydrogens is 258 g/mol. The van der Waals surface area contributed by atoms with Gasteiger partial charge in [-0.15, -0.1) is 0 Å². The Morgan fingerprint density at radius 1 is 0.947 bits per heavy atom. The summed E-state index contributed by atoms with van der Waals surface area (Å²) in [4.78, 5) is 0. The number of hydrogen-bond donors (Lipinski definition) is 1. The van der Waals surface area contributed by atoms with Gasteiger partial charge in [0, 0.05) is 12.6 Å². The molecule has 2 fully saturated rings. The van der Waals surface area contributed by atoms with Gasteiger partial charge in [-0.3, -0.25) is 0 Å². The SMILES string of the molecule is CC1CCC(NCCS(=O)(=O)C2CCCCC2)CC1. The maximum Gasteiger partial charge on any atom is 0.154 e. The molecule has 0 saturated heterocycles. The van der Waals surface area contributed by atoms with Crippen LogP contribution in [-0.2, 0) is 9.84 Å². The van der Waals surface area contributed by atoms with Crippen LogP contribution in [0, 0.1) is 5.92 Å². The molecule has 2 saturated carbocycles. The average Bonchev–Trinajstić information content (AvgIpc) is 2.42. The quantitative estimate of drug-likeness (QED) is 0.845. The Morgan fingerprint density at radius 3 is 2.21 bits per heavy atom. The second-order valence-electron chi connectivity index (χ2n) is 6.54. The van der Waals surface area contributed by atoms with E-state index in [9.17, 15) is 8.42 Å². The molecule has 2 aliphatic rings. The van der Waals surface area contributed by atoms with E-state index in [1.807, 2.05) is 0 Å². The predicted molar refractivity (Wildman–Crippen MR) is 80.1 cm³/mol. The first-order valence-corrected chi connectivity index (χ1v) is 9.74. The van der Waals surface area contributed by atoms with Crippen LogP contribution >= 0.6 is 0 Å². The molecule has 2 rings (SSSR count). The Hall–Kier alpha value is -0.0900. The van der Waals surface area contributed by atoms with Crippen molar-refractivity contribution in [3.05, 3.63) is 0 Å². The second-order valence-corrected chi connectivity index (χ2v) is 8.94. The van der Waals surface area contributed by atoms with Gasteiger partial charge in [-0.1, -0.05) is 26.2 Å².